The molecule has 0 fully saturated rings. The van der Waals surface area contributed by atoms with Crippen LogP contribution in [0.1, 0.15) is 16.0 Å². The Bertz CT molecular complexity index is 439. The molecule has 76 valence electrons. The van der Waals surface area contributed by atoms with E-state index in [0.717, 1.165) is 11.1 Å². The predicted octanol–water partition coefficient (Wildman–Crippen LogP) is 2.09. The van der Waals surface area contributed by atoms with Crippen molar-refractivity contribution >= 4 is 25.8 Å². The van der Waals surface area contributed by atoms with E-state index < -0.39 is 9.84 Å². The van der Waals surface area contributed by atoms with Crippen LogP contribution in [0.2, 0.25) is 0 Å². The van der Waals surface area contributed by atoms with Crippen molar-refractivity contribution in [3.63, 3.8) is 0 Å². The van der Waals surface area contributed by atoms with Crippen molar-refractivity contribution < 1.29 is 8.42 Å². The zero-order valence-electron chi connectivity index (χ0n) is 7.61. The summed E-state index contributed by atoms with van der Waals surface area (Å²) in [6.45, 7) is 0. The Labute approximate surface area is 92.4 Å². The monoisotopic (exact) mass is 274 g/mol. The van der Waals surface area contributed by atoms with E-state index in [-0.39, 0.29) is 16.3 Å². The number of rotatable bonds is 0. The molecule has 1 aliphatic heterocycles. The van der Waals surface area contributed by atoms with Crippen LogP contribution in [0.4, 0.5) is 0 Å². The number of alkyl halides is 1. The average molecular weight is 275 g/mol. The lowest BCUT2D eigenvalue weighted by Gasteiger charge is -2.08. The van der Waals surface area contributed by atoms with Gasteiger partial charge in [-0.3, -0.25) is 0 Å². The Balaban J connectivity index is 2.46. The van der Waals surface area contributed by atoms with E-state index in [1.165, 1.54) is 0 Å². The first-order valence-corrected chi connectivity index (χ1v) is 7.24. The zero-order chi connectivity index (χ0) is 10.2. The summed E-state index contributed by atoms with van der Waals surface area (Å²) in [4.78, 5) is -0.0498. The molecule has 0 aromatic heterocycles. The summed E-state index contributed by atoms with van der Waals surface area (Å²) in [5.74, 6) is 0.482. The van der Waals surface area contributed by atoms with Crippen LogP contribution >= 0.6 is 15.9 Å². The van der Waals surface area contributed by atoms with Crippen LogP contribution in [-0.4, -0.2) is 19.9 Å². The van der Waals surface area contributed by atoms with Crippen molar-refractivity contribution in [2.75, 3.05) is 11.5 Å². The Kier molecular flexibility index (Phi) is 2.66. The van der Waals surface area contributed by atoms with Crippen molar-refractivity contribution in [2.24, 2.45) is 0 Å². The molecular weight excluding hydrogens is 264 g/mol. The second-order valence-electron chi connectivity index (χ2n) is 3.53. The third-order valence-corrected chi connectivity index (χ3v) is 5.39. The highest BCUT2D eigenvalue weighted by atomic mass is 79.9. The number of aryl methyl sites for hydroxylation is 1. The van der Waals surface area contributed by atoms with Crippen LogP contribution in [0.25, 0.3) is 0 Å². The molecular formula is C10H11BrO2S. The Morgan fingerprint density at radius 1 is 1.29 bits per heavy atom. The predicted molar refractivity (Wildman–Crippen MR) is 60.5 cm³/mol. The second-order valence-corrected chi connectivity index (χ2v) is 6.86. The molecule has 0 saturated carbocycles. The maximum absolute atomic E-state index is 11.5. The number of sulfone groups is 1. The van der Waals surface area contributed by atoms with Crippen molar-refractivity contribution in [3.05, 3.63) is 35.4 Å². The number of halogens is 1. The highest BCUT2D eigenvalue weighted by Crippen LogP contribution is 2.30. The van der Waals surface area contributed by atoms with E-state index in [4.69, 9.17) is 0 Å². The molecule has 1 heterocycles. The Hall–Kier alpha value is -0.350. The van der Waals surface area contributed by atoms with Crippen molar-refractivity contribution in [3.8, 4) is 0 Å². The fraction of sp³-hybridized carbons (Fsp3) is 0.400. The summed E-state index contributed by atoms with van der Waals surface area (Å²) in [6, 6.07) is 7.90. The maximum atomic E-state index is 11.5. The molecule has 0 aliphatic carbocycles. The van der Waals surface area contributed by atoms with Gasteiger partial charge in [0.1, 0.15) is 0 Å². The van der Waals surface area contributed by atoms with E-state index in [1.54, 1.807) is 0 Å². The molecule has 14 heavy (non-hydrogen) atoms. The van der Waals surface area contributed by atoms with Gasteiger partial charge in [-0.2, -0.15) is 0 Å². The first-order chi connectivity index (χ1) is 6.58. The van der Waals surface area contributed by atoms with Gasteiger partial charge < -0.3 is 0 Å². The molecule has 0 spiro atoms. The molecule has 1 atom stereocenters. The van der Waals surface area contributed by atoms with E-state index in [9.17, 15) is 8.42 Å². The smallest absolute Gasteiger partial charge is 0.152 e. The van der Waals surface area contributed by atoms with Crippen LogP contribution in [-0.2, 0) is 16.3 Å². The third kappa shape index (κ3) is 2.01. The normalized spacial score (nSPS) is 25.1. The van der Waals surface area contributed by atoms with Crippen molar-refractivity contribution in [1.29, 1.82) is 0 Å². The van der Waals surface area contributed by atoms with Crippen LogP contribution in [0.15, 0.2) is 24.3 Å². The molecule has 0 saturated heterocycles. The van der Waals surface area contributed by atoms with Crippen LogP contribution in [0.3, 0.4) is 0 Å². The highest BCUT2D eigenvalue weighted by molar-refractivity contribution is 9.09. The van der Waals surface area contributed by atoms with Gasteiger partial charge in [0.15, 0.2) is 9.84 Å². The van der Waals surface area contributed by atoms with E-state index >= 15 is 0 Å². The minimum atomic E-state index is -2.88. The standard InChI is InChI=1S/C10H11BrO2S/c11-10-7-14(12,13)6-5-8-3-1-2-4-9(8)10/h1-4,10H,5-7H2/t10-/m1/s1. The van der Waals surface area contributed by atoms with Gasteiger partial charge in [-0.25, -0.2) is 8.42 Å². The summed E-state index contributed by atoms with van der Waals surface area (Å²) in [5, 5.41) is 0. The minimum absolute atomic E-state index is 0.0498. The third-order valence-electron chi connectivity index (χ3n) is 2.48. The molecule has 2 rings (SSSR count). The highest BCUT2D eigenvalue weighted by Gasteiger charge is 2.24. The van der Waals surface area contributed by atoms with Gasteiger partial charge in [0.2, 0.25) is 0 Å². The lowest BCUT2D eigenvalue weighted by molar-refractivity contribution is 0.596. The van der Waals surface area contributed by atoms with Gasteiger partial charge in [0.05, 0.1) is 16.3 Å². The Morgan fingerprint density at radius 2 is 2.00 bits per heavy atom. The van der Waals surface area contributed by atoms with Gasteiger partial charge in [0.25, 0.3) is 0 Å². The summed E-state index contributed by atoms with van der Waals surface area (Å²) in [6.07, 6.45) is 0.639. The molecule has 4 heteroatoms. The first kappa shape index (κ1) is 10.2. The zero-order valence-corrected chi connectivity index (χ0v) is 10.0. The summed E-state index contributed by atoms with van der Waals surface area (Å²) in [5.41, 5.74) is 2.27. The van der Waals surface area contributed by atoms with Crippen molar-refractivity contribution in [1.82, 2.24) is 0 Å². The van der Waals surface area contributed by atoms with Crippen LogP contribution < -0.4 is 0 Å². The van der Waals surface area contributed by atoms with Gasteiger partial charge >= 0.3 is 0 Å². The topological polar surface area (TPSA) is 34.1 Å². The lowest BCUT2D eigenvalue weighted by Crippen LogP contribution is -2.11. The molecule has 0 radical (unpaired) electrons. The van der Waals surface area contributed by atoms with Gasteiger partial charge in [-0.15, -0.1) is 0 Å². The van der Waals surface area contributed by atoms with Crippen LogP contribution in [0.5, 0.6) is 0 Å². The number of hydrogen-bond acceptors (Lipinski definition) is 2. The number of benzene rings is 1. The quantitative estimate of drug-likeness (QED) is 0.679. The molecule has 0 bridgehead atoms. The van der Waals surface area contributed by atoms with Gasteiger partial charge in [-0.05, 0) is 17.5 Å². The minimum Gasteiger partial charge on any atom is -0.229 e. The largest absolute Gasteiger partial charge is 0.229 e. The van der Waals surface area contributed by atoms with Crippen molar-refractivity contribution in [2.45, 2.75) is 11.2 Å². The van der Waals surface area contributed by atoms with Crippen LogP contribution in [0, 0.1) is 0 Å². The first-order valence-electron chi connectivity index (χ1n) is 4.51. The van der Waals surface area contributed by atoms with Gasteiger partial charge in [-0.1, -0.05) is 40.2 Å². The molecule has 1 aromatic carbocycles. The molecule has 1 aliphatic rings. The summed E-state index contributed by atoms with van der Waals surface area (Å²) < 4.78 is 23.0. The summed E-state index contributed by atoms with van der Waals surface area (Å²) >= 11 is 3.43. The molecule has 0 amide bonds. The second kappa shape index (κ2) is 3.66. The summed E-state index contributed by atoms with van der Waals surface area (Å²) in [7, 11) is -2.88. The van der Waals surface area contributed by atoms with E-state index in [2.05, 4.69) is 15.9 Å². The Morgan fingerprint density at radius 3 is 2.79 bits per heavy atom. The molecule has 2 nitrogen and oxygen atoms in total. The fourth-order valence-corrected chi connectivity index (χ4v) is 4.71. The molecule has 0 N–H and O–H groups in total. The van der Waals surface area contributed by atoms with E-state index in [1.807, 2.05) is 24.3 Å². The molecule has 1 aromatic rings. The average Bonchev–Trinajstić information content (AvgIpc) is 2.24. The van der Waals surface area contributed by atoms with E-state index in [0.29, 0.717) is 6.42 Å². The molecule has 0 unspecified atom stereocenters. The SMILES string of the molecule is O=S1(=O)CCc2ccccc2[C@H](Br)C1. The number of hydrogen-bond donors (Lipinski definition) is 0. The lowest BCUT2D eigenvalue weighted by atomic mass is 10.0. The number of fused-ring (bicyclic) bond motifs is 1. The fourth-order valence-electron chi connectivity index (χ4n) is 1.73. The maximum Gasteiger partial charge on any atom is 0.152 e. The van der Waals surface area contributed by atoms with Gasteiger partial charge in [0, 0.05) is 0 Å².